The highest BCUT2D eigenvalue weighted by molar-refractivity contribution is 5.26. The second-order valence-corrected chi connectivity index (χ2v) is 3.47. The van der Waals surface area contributed by atoms with E-state index in [1.54, 1.807) is 6.20 Å². The fourth-order valence-corrected chi connectivity index (χ4v) is 1.18. The summed E-state index contributed by atoms with van der Waals surface area (Å²) in [5.41, 5.74) is 5.47. The first kappa shape index (κ1) is 10.7. The van der Waals surface area contributed by atoms with E-state index in [0.717, 1.165) is 6.54 Å². The van der Waals surface area contributed by atoms with Gasteiger partial charge in [-0.25, -0.2) is 0 Å². The van der Waals surface area contributed by atoms with Crippen LogP contribution in [0.2, 0.25) is 0 Å². The molecule has 5 heteroatoms. The summed E-state index contributed by atoms with van der Waals surface area (Å²) >= 11 is 0. The third kappa shape index (κ3) is 3.57. The number of rotatable bonds is 4. The second kappa shape index (κ2) is 4.76. The normalized spacial score (nSPS) is 12.9. The van der Waals surface area contributed by atoms with Crippen LogP contribution in [0.15, 0.2) is 12.4 Å². The molecule has 78 valence electrons. The zero-order valence-electron chi connectivity index (χ0n) is 8.77. The van der Waals surface area contributed by atoms with Crippen molar-refractivity contribution in [2.45, 2.75) is 13.0 Å². The molecule has 0 amide bonds. The molecule has 0 spiro atoms. The summed E-state index contributed by atoms with van der Waals surface area (Å²) < 4.78 is 5.51. The Balaban J connectivity index is 2.51. The largest absolute Gasteiger partial charge is 0.472 e. The van der Waals surface area contributed by atoms with Gasteiger partial charge < -0.3 is 15.4 Å². The second-order valence-electron chi connectivity index (χ2n) is 3.47. The molecule has 0 saturated heterocycles. The number of likely N-dealkylation sites (N-methyl/N-ethyl adjacent to an activating group) is 1. The molecule has 1 heterocycles. The SMILES string of the molecule is CC(CN(C)C)Oc1cncc(N)n1. The molecule has 0 radical (unpaired) electrons. The Labute approximate surface area is 83.9 Å². The minimum Gasteiger partial charge on any atom is -0.472 e. The lowest BCUT2D eigenvalue weighted by Crippen LogP contribution is -2.28. The molecule has 1 rings (SSSR count). The van der Waals surface area contributed by atoms with Crippen molar-refractivity contribution in [3.05, 3.63) is 12.4 Å². The Kier molecular flexibility index (Phi) is 3.64. The number of anilines is 1. The lowest BCUT2D eigenvalue weighted by atomic mass is 10.4. The highest BCUT2D eigenvalue weighted by Crippen LogP contribution is 2.08. The van der Waals surface area contributed by atoms with Crippen LogP contribution in [-0.2, 0) is 0 Å². The van der Waals surface area contributed by atoms with Crippen LogP contribution >= 0.6 is 0 Å². The van der Waals surface area contributed by atoms with Crippen molar-refractivity contribution < 1.29 is 4.74 Å². The van der Waals surface area contributed by atoms with Gasteiger partial charge >= 0.3 is 0 Å². The monoisotopic (exact) mass is 196 g/mol. The first-order valence-electron chi connectivity index (χ1n) is 4.47. The molecule has 0 aliphatic carbocycles. The van der Waals surface area contributed by atoms with Gasteiger partial charge in [-0.2, -0.15) is 4.98 Å². The summed E-state index contributed by atoms with van der Waals surface area (Å²) in [5.74, 6) is 0.846. The fraction of sp³-hybridized carbons (Fsp3) is 0.556. The lowest BCUT2D eigenvalue weighted by molar-refractivity contribution is 0.170. The molecular formula is C9H16N4O. The molecule has 1 aromatic heterocycles. The van der Waals surface area contributed by atoms with Crippen molar-refractivity contribution in [2.24, 2.45) is 0 Å². The maximum Gasteiger partial charge on any atom is 0.234 e. The van der Waals surface area contributed by atoms with Crippen molar-refractivity contribution in [3.63, 3.8) is 0 Å². The Bertz CT molecular complexity index is 290. The smallest absolute Gasteiger partial charge is 0.234 e. The first-order chi connectivity index (χ1) is 6.58. The highest BCUT2D eigenvalue weighted by atomic mass is 16.5. The maximum atomic E-state index is 5.51. The Morgan fingerprint density at radius 3 is 2.79 bits per heavy atom. The fourth-order valence-electron chi connectivity index (χ4n) is 1.18. The maximum absolute atomic E-state index is 5.51. The zero-order chi connectivity index (χ0) is 10.6. The summed E-state index contributed by atoms with van der Waals surface area (Å²) in [5, 5.41) is 0. The predicted molar refractivity (Wildman–Crippen MR) is 55.1 cm³/mol. The number of ether oxygens (including phenoxy) is 1. The van der Waals surface area contributed by atoms with Crippen molar-refractivity contribution >= 4 is 5.82 Å². The minimum absolute atomic E-state index is 0.0705. The van der Waals surface area contributed by atoms with Gasteiger partial charge in [-0.05, 0) is 21.0 Å². The predicted octanol–water partition coefficient (Wildman–Crippen LogP) is 0.388. The topological polar surface area (TPSA) is 64.3 Å². The number of aromatic nitrogens is 2. The van der Waals surface area contributed by atoms with E-state index in [-0.39, 0.29) is 6.10 Å². The Morgan fingerprint density at radius 2 is 2.21 bits per heavy atom. The van der Waals surface area contributed by atoms with Gasteiger partial charge in [0.15, 0.2) is 0 Å². The average molecular weight is 196 g/mol. The van der Waals surface area contributed by atoms with Gasteiger partial charge in [0.1, 0.15) is 11.9 Å². The summed E-state index contributed by atoms with van der Waals surface area (Å²) in [6, 6.07) is 0. The molecule has 14 heavy (non-hydrogen) atoms. The van der Waals surface area contributed by atoms with E-state index in [2.05, 4.69) is 9.97 Å². The van der Waals surface area contributed by atoms with E-state index in [1.165, 1.54) is 6.20 Å². The molecule has 1 atom stereocenters. The first-order valence-corrected chi connectivity index (χ1v) is 4.47. The van der Waals surface area contributed by atoms with E-state index in [4.69, 9.17) is 10.5 Å². The number of nitrogens with two attached hydrogens (primary N) is 1. The number of hydrogen-bond donors (Lipinski definition) is 1. The van der Waals surface area contributed by atoms with Crippen molar-refractivity contribution in [2.75, 3.05) is 26.4 Å². The summed E-state index contributed by atoms with van der Waals surface area (Å²) in [7, 11) is 3.98. The van der Waals surface area contributed by atoms with Gasteiger partial charge in [0.25, 0.3) is 0 Å². The number of hydrogen-bond acceptors (Lipinski definition) is 5. The molecule has 0 fully saturated rings. The van der Waals surface area contributed by atoms with Crippen LogP contribution in [0.3, 0.4) is 0 Å². The van der Waals surface area contributed by atoms with E-state index < -0.39 is 0 Å². The van der Waals surface area contributed by atoms with E-state index >= 15 is 0 Å². The van der Waals surface area contributed by atoms with Crippen LogP contribution in [-0.4, -0.2) is 41.6 Å². The molecule has 0 aliphatic rings. The molecule has 0 aromatic carbocycles. The lowest BCUT2D eigenvalue weighted by Gasteiger charge is -2.17. The van der Waals surface area contributed by atoms with Crippen LogP contribution in [0, 0.1) is 0 Å². The van der Waals surface area contributed by atoms with Gasteiger partial charge in [0.05, 0.1) is 12.4 Å². The van der Waals surface area contributed by atoms with Gasteiger partial charge in [-0.1, -0.05) is 0 Å². The minimum atomic E-state index is 0.0705. The van der Waals surface area contributed by atoms with Gasteiger partial charge in [-0.15, -0.1) is 0 Å². The molecule has 2 N–H and O–H groups in total. The van der Waals surface area contributed by atoms with Crippen molar-refractivity contribution in [1.82, 2.24) is 14.9 Å². The van der Waals surface area contributed by atoms with Crippen LogP contribution < -0.4 is 10.5 Å². The summed E-state index contributed by atoms with van der Waals surface area (Å²) in [6.07, 6.45) is 3.12. The van der Waals surface area contributed by atoms with E-state index in [9.17, 15) is 0 Å². The quantitative estimate of drug-likeness (QED) is 0.754. The van der Waals surface area contributed by atoms with Crippen LogP contribution in [0.4, 0.5) is 5.82 Å². The molecule has 1 aromatic rings. The van der Waals surface area contributed by atoms with Gasteiger partial charge in [0, 0.05) is 6.54 Å². The summed E-state index contributed by atoms with van der Waals surface area (Å²) in [4.78, 5) is 9.93. The third-order valence-corrected chi connectivity index (χ3v) is 1.58. The number of nitrogens with zero attached hydrogens (tertiary/aromatic N) is 3. The van der Waals surface area contributed by atoms with Crippen LogP contribution in [0.5, 0.6) is 5.88 Å². The van der Waals surface area contributed by atoms with E-state index in [0.29, 0.717) is 11.7 Å². The zero-order valence-corrected chi connectivity index (χ0v) is 8.77. The highest BCUT2D eigenvalue weighted by Gasteiger charge is 2.06. The van der Waals surface area contributed by atoms with Gasteiger partial charge in [-0.3, -0.25) is 4.98 Å². The Morgan fingerprint density at radius 1 is 1.50 bits per heavy atom. The molecule has 0 bridgehead atoms. The molecular weight excluding hydrogens is 180 g/mol. The molecule has 1 unspecified atom stereocenters. The number of nitrogen functional groups attached to an aromatic ring is 1. The molecule has 0 aliphatic heterocycles. The van der Waals surface area contributed by atoms with Crippen molar-refractivity contribution in [1.29, 1.82) is 0 Å². The standard InChI is InChI=1S/C9H16N4O/c1-7(6-13(2)3)14-9-5-11-4-8(10)12-9/h4-5,7H,6H2,1-3H3,(H2,10,12). The van der Waals surface area contributed by atoms with Crippen molar-refractivity contribution in [3.8, 4) is 5.88 Å². The van der Waals surface area contributed by atoms with Crippen LogP contribution in [0.1, 0.15) is 6.92 Å². The van der Waals surface area contributed by atoms with Crippen LogP contribution in [0.25, 0.3) is 0 Å². The third-order valence-electron chi connectivity index (χ3n) is 1.58. The molecule has 0 saturated carbocycles. The Hall–Kier alpha value is -1.36. The summed E-state index contributed by atoms with van der Waals surface area (Å²) in [6.45, 7) is 2.81. The van der Waals surface area contributed by atoms with Gasteiger partial charge in [0.2, 0.25) is 5.88 Å². The average Bonchev–Trinajstić information content (AvgIpc) is 2.01. The molecule has 5 nitrogen and oxygen atoms in total. The van der Waals surface area contributed by atoms with E-state index in [1.807, 2.05) is 25.9 Å².